The van der Waals surface area contributed by atoms with E-state index in [1.165, 1.54) is 6.20 Å². The lowest BCUT2D eigenvalue weighted by molar-refractivity contribution is 0.112. The van der Waals surface area contributed by atoms with Crippen molar-refractivity contribution in [1.82, 2.24) is 4.98 Å². The highest BCUT2D eigenvalue weighted by molar-refractivity contribution is 6.74. The first-order chi connectivity index (χ1) is 7.26. The van der Waals surface area contributed by atoms with E-state index < -0.39 is 8.32 Å². The van der Waals surface area contributed by atoms with Crippen molar-refractivity contribution < 1.29 is 9.22 Å². The monoisotopic (exact) mass is 237 g/mol. The second-order valence-electron chi connectivity index (χ2n) is 5.43. The van der Waals surface area contributed by atoms with Crippen LogP contribution < -0.4 is 4.43 Å². The Labute approximate surface area is 98.0 Å². The van der Waals surface area contributed by atoms with Gasteiger partial charge >= 0.3 is 0 Å². The number of aldehydes is 1. The van der Waals surface area contributed by atoms with Gasteiger partial charge in [0, 0.05) is 11.8 Å². The van der Waals surface area contributed by atoms with Crippen molar-refractivity contribution in [2.45, 2.75) is 38.9 Å². The van der Waals surface area contributed by atoms with Gasteiger partial charge in [0.2, 0.25) is 0 Å². The summed E-state index contributed by atoms with van der Waals surface area (Å²) < 4.78 is 6.03. The molecular weight excluding hydrogens is 218 g/mol. The third kappa shape index (κ3) is 2.92. The van der Waals surface area contributed by atoms with Gasteiger partial charge in [-0.1, -0.05) is 20.8 Å². The Kier molecular flexibility index (Phi) is 3.53. The van der Waals surface area contributed by atoms with Crippen LogP contribution in [0, 0.1) is 0 Å². The molecule has 0 spiro atoms. The van der Waals surface area contributed by atoms with Crippen molar-refractivity contribution in [3.8, 4) is 5.75 Å². The molecule has 88 valence electrons. The van der Waals surface area contributed by atoms with Crippen molar-refractivity contribution >= 4 is 14.6 Å². The highest BCUT2D eigenvalue weighted by Gasteiger charge is 2.39. The molecule has 1 rings (SSSR count). The van der Waals surface area contributed by atoms with Crippen LogP contribution in [0.3, 0.4) is 0 Å². The molecule has 16 heavy (non-hydrogen) atoms. The number of aromatic nitrogens is 1. The molecular formula is C12H19NO2Si. The van der Waals surface area contributed by atoms with Gasteiger partial charge in [0.1, 0.15) is 5.75 Å². The zero-order valence-corrected chi connectivity index (χ0v) is 11.6. The SMILES string of the molecule is CC(C)(C)[Si](C)(C)Oc1cncc(C=O)c1. The van der Waals surface area contributed by atoms with Crippen LogP contribution in [-0.2, 0) is 0 Å². The molecule has 0 N–H and O–H groups in total. The summed E-state index contributed by atoms with van der Waals surface area (Å²) in [7, 11) is -1.84. The van der Waals surface area contributed by atoms with Crippen LogP contribution in [-0.4, -0.2) is 19.6 Å². The van der Waals surface area contributed by atoms with Crippen LogP contribution in [0.4, 0.5) is 0 Å². The molecule has 1 heterocycles. The van der Waals surface area contributed by atoms with E-state index in [9.17, 15) is 4.79 Å². The van der Waals surface area contributed by atoms with Crippen LogP contribution in [0.5, 0.6) is 5.75 Å². The lowest BCUT2D eigenvalue weighted by atomic mass is 10.2. The van der Waals surface area contributed by atoms with Gasteiger partial charge in [-0.05, 0) is 24.2 Å². The molecule has 0 aliphatic carbocycles. The van der Waals surface area contributed by atoms with Gasteiger partial charge in [-0.15, -0.1) is 0 Å². The van der Waals surface area contributed by atoms with E-state index in [4.69, 9.17) is 4.43 Å². The molecule has 0 aliphatic heterocycles. The van der Waals surface area contributed by atoms with Crippen molar-refractivity contribution in [3.05, 3.63) is 24.0 Å². The molecule has 4 heteroatoms. The van der Waals surface area contributed by atoms with E-state index in [0.717, 1.165) is 6.29 Å². The number of carbonyl (C=O) groups excluding carboxylic acids is 1. The zero-order chi connectivity index (χ0) is 12.4. The molecule has 0 atom stereocenters. The first-order valence-electron chi connectivity index (χ1n) is 5.35. The number of pyridine rings is 1. The van der Waals surface area contributed by atoms with Crippen molar-refractivity contribution in [3.63, 3.8) is 0 Å². The van der Waals surface area contributed by atoms with Crippen molar-refractivity contribution in [1.29, 1.82) is 0 Å². The standard InChI is InChI=1S/C12H19NO2Si/c1-12(2,3)16(4,5)15-11-6-10(9-14)7-13-8-11/h6-9H,1-5H3. The molecule has 0 fully saturated rings. The largest absolute Gasteiger partial charge is 0.542 e. The summed E-state index contributed by atoms with van der Waals surface area (Å²) in [5.41, 5.74) is 0.552. The van der Waals surface area contributed by atoms with E-state index in [0.29, 0.717) is 11.3 Å². The maximum absolute atomic E-state index is 10.6. The average molecular weight is 237 g/mol. The lowest BCUT2D eigenvalue weighted by Crippen LogP contribution is -2.43. The van der Waals surface area contributed by atoms with Crippen LogP contribution >= 0.6 is 0 Å². The first-order valence-corrected chi connectivity index (χ1v) is 8.26. The van der Waals surface area contributed by atoms with Crippen LogP contribution in [0.25, 0.3) is 0 Å². The Hall–Kier alpha value is -1.16. The molecule has 0 aromatic carbocycles. The second-order valence-corrected chi connectivity index (χ2v) is 10.2. The fourth-order valence-corrected chi connectivity index (χ4v) is 2.01. The molecule has 0 radical (unpaired) electrons. The highest BCUT2D eigenvalue weighted by atomic mass is 28.4. The van der Waals surface area contributed by atoms with Gasteiger partial charge in [0.25, 0.3) is 8.32 Å². The molecule has 0 aliphatic rings. The average Bonchev–Trinajstić information content (AvgIpc) is 2.15. The summed E-state index contributed by atoms with van der Waals surface area (Å²) in [6.07, 6.45) is 3.98. The minimum atomic E-state index is -1.84. The van der Waals surface area contributed by atoms with Gasteiger partial charge < -0.3 is 4.43 Å². The van der Waals surface area contributed by atoms with Gasteiger partial charge in [-0.3, -0.25) is 9.78 Å². The third-order valence-corrected chi connectivity index (χ3v) is 7.41. The zero-order valence-electron chi connectivity index (χ0n) is 10.6. The molecule has 0 saturated heterocycles. The van der Waals surface area contributed by atoms with Gasteiger partial charge in [-0.25, -0.2) is 0 Å². The van der Waals surface area contributed by atoms with E-state index in [1.807, 2.05) is 0 Å². The molecule has 1 aromatic heterocycles. The van der Waals surface area contributed by atoms with Gasteiger partial charge in [-0.2, -0.15) is 0 Å². The fourth-order valence-electron chi connectivity index (χ4n) is 1.00. The maximum atomic E-state index is 10.6. The number of nitrogens with zero attached hydrogens (tertiary/aromatic N) is 1. The Morgan fingerprint density at radius 3 is 2.44 bits per heavy atom. The van der Waals surface area contributed by atoms with Crippen molar-refractivity contribution in [2.75, 3.05) is 0 Å². The van der Waals surface area contributed by atoms with Crippen LogP contribution in [0.1, 0.15) is 31.1 Å². The normalized spacial score (nSPS) is 12.3. The Morgan fingerprint density at radius 2 is 1.94 bits per heavy atom. The molecule has 0 amide bonds. The third-order valence-electron chi connectivity index (χ3n) is 3.05. The summed E-state index contributed by atoms with van der Waals surface area (Å²) in [5, 5.41) is 0.143. The van der Waals surface area contributed by atoms with Crippen molar-refractivity contribution in [2.24, 2.45) is 0 Å². The fraction of sp³-hybridized carbons (Fsp3) is 0.500. The molecule has 0 bridgehead atoms. The first kappa shape index (κ1) is 12.9. The Bertz CT molecular complexity index is 383. The molecule has 0 unspecified atom stereocenters. The molecule has 3 nitrogen and oxygen atoms in total. The van der Waals surface area contributed by atoms with E-state index >= 15 is 0 Å². The maximum Gasteiger partial charge on any atom is 0.250 e. The minimum Gasteiger partial charge on any atom is -0.542 e. The van der Waals surface area contributed by atoms with E-state index in [-0.39, 0.29) is 5.04 Å². The number of hydrogen-bond donors (Lipinski definition) is 0. The summed E-state index contributed by atoms with van der Waals surface area (Å²) in [5.74, 6) is 0.691. The number of carbonyl (C=O) groups is 1. The number of hydrogen-bond acceptors (Lipinski definition) is 3. The van der Waals surface area contributed by atoms with Crippen LogP contribution in [0.2, 0.25) is 18.1 Å². The predicted octanol–water partition coefficient (Wildman–Crippen LogP) is 3.28. The summed E-state index contributed by atoms with van der Waals surface area (Å²) in [6.45, 7) is 10.9. The summed E-state index contributed by atoms with van der Waals surface area (Å²) >= 11 is 0. The highest BCUT2D eigenvalue weighted by Crippen LogP contribution is 2.37. The Morgan fingerprint density at radius 1 is 1.31 bits per heavy atom. The quantitative estimate of drug-likeness (QED) is 0.598. The summed E-state index contributed by atoms with van der Waals surface area (Å²) in [6, 6.07) is 1.74. The molecule has 0 saturated carbocycles. The van der Waals surface area contributed by atoms with E-state index in [1.54, 1.807) is 12.3 Å². The predicted molar refractivity (Wildman–Crippen MR) is 67.4 cm³/mol. The van der Waals surface area contributed by atoms with E-state index in [2.05, 4.69) is 38.8 Å². The summed E-state index contributed by atoms with van der Waals surface area (Å²) in [4.78, 5) is 14.6. The van der Waals surface area contributed by atoms with Gasteiger partial charge in [0.15, 0.2) is 6.29 Å². The Balaban J connectivity index is 2.92. The second kappa shape index (κ2) is 4.37. The lowest BCUT2D eigenvalue weighted by Gasteiger charge is -2.36. The van der Waals surface area contributed by atoms with Gasteiger partial charge in [0.05, 0.1) is 6.20 Å². The topological polar surface area (TPSA) is 39.2 Å². The smallest absolute Gasteiger partial charge is 0.250 e. The number of rotatable bonds is 3. The van der Waals surface area contributed by atoms with Crippen LogP contribution in [0.15, 0.2) is 18.5 Å². The molecule has 1 aromatic rings. The minimum absolute atomic E-state index is 0.143.